The molecule has 102 valence electrons. The predicted molar refractivity (Wildman–Crippen MR) is 75.8 cm³/mol. The number of nitriles is 1. The van der Waals surface area contributed by atoms with Gasteiger partial charge in [-0.15, -0.1) is 0 Å². The first kappa shape index (κ1) is 14.0. The molecule has 1 aromatic rings. The second-order valence-corrected chi connectivity index (χ2v) is 5.31. The Kier molecular flexibility index (Phi) is 5.38. The van der Waals surface area contributed by atoms with E-state index >= 15 is 0 Å². The van der Waals surface area contributed by atoms with Crippen LogP contribution in [0, 0.1) is 24.2 Å². The average Bonchev–Trinajstić information content (AvgIpc) is 2.46. The molecular formula is C16H22N2O. The molecule has 0 saturated carbocycles. The molecule has 0 aromatic heterocycles. The van der Waals surface area contributed by atoms with Crippen molar-refractivity contribution >= 4 is 0 Å². The largest absolute Gasteiger partial charge is 0.377 e. The molecule has 19 heavy (non-hydrogen) atoms. The van der Waals surface area contributed by atoms with Gasteiger partial charge in [-0.1, -0.05) is 6.07 Å². The maximum Gasteiger partial charge on any atom is 0.0991 e. The highest BCUT2D eigenvalue weighted by Gasteiger charge is 2.12. The van der Waals surface area contributed by atoms with Gasteiger partial charge in [-0.2, -0.15) is 5.26 Å². The molecule has 1 aliphatic heterocycles. The fourth-order valence-corrected chi connectivity index (χ4v) is 2.53. The van der Waals surface area contributed by atoms with E-state index in [4.69, 9.17) is 10.00 Å². The lowest BCUT2D eigenvalue weighted by molar-refractivity contribution is 0.103. The van der Waals surface area contributed by atoms with E-state index in [1.807, 2.05) is 25.1 Å². The van der Waals surface area contributed by atoms with Gasteiger partial charge in [-0.05, 0) is 68.5 Å². The minimum Gasteiger partial charge on any atom is -0.377 e. The molecule has 3 heteroatoms. The molecule has 1 atom stereocenters. The van der Waals surface area contributed by atoms with Crippen LogP contribution in [-0.4, -0.2) is 19.7 Å². The highest BCUT2D eigenvalue weighted by Crippen LogP contribution is 2.15. The lowest BCUT2D eigenvalue weighted by Gasteiger charge is -2.22. The van der Waals surface area contributed by atoms with Gasteiger partial charge in [0, 0.05) is 6.61 Å². The van der Waals surface area contributed by atoms with Crippen molar-refractivity contribution in [2.75, 3.05) is 19.7 Å². The van der Waals surface area contributed by atoms with Crippen LogP contribution in [0.4, 0.5) is 0 Å². The number of piperidine rings is 1. The molecule has 1 unspecified atom stereocenters. The summed E-state index contributed by atoms with van der Waals surface area (Å²) in [5.74, 6) is 0.774. The summed E-state index contributed by atoms with van der Waals surface area (Å²) in [5.41, 5.74) is 3.04. The number of nitrogens with zero attached hydrogens (tertiary/aromatic N) is 1. The van der Waals surface area contributed by atoms with Gasteiger partial charge >= 0.3 is 0 Å². The summed E-state index contributed by atoms with van der Waals surface area (Å²) in [7, 11) is 0. The zero-order valence-corrected chi connectivity index (χ0v) is 11.6. The highest BCUT2D eigenvalue weighted by molar-refractivity contribution is 5.37. The van der Waals surface area contributed by atoms with Crippen LogP contribution in [0.2, 0.25) is 0 Å². The van der Waals surface area contributed by atoms with Gasteiger partial charge in [0.1, 0.15) is 0 Å². The Hall–Kier alpha value is -1.37. The maximum absolute atomic E-state index is 8.82. The number of benzene rings is 1. The Morgan fingerprint density at radius 2 is 2.37 bits per heavy atom. The first-order chi connectivity index (χ1) is 9.29. The van der Waals surface area contributed by atoms with Crippen LogP contribution in [0.1, 0.15) is 36.0 Å². The summed E-state index contributed by atoms with van der Waals surface area (Å²) >= 11 is 0. The van der Waals surface area contributed by atoms with Crippen LogP contribution < -0.4 is 5.32 Å². The molecule has 1 fully saturated rings. The van der Waals surface area contributed by atoms with Crippen molar-refractivity contribution in [2.45, 2.75) is 32.8 Å². The minimum absolute atomic E-state index is 0.650. The maximum atomic E-state index is 8.82. The molecule has 0 aliphatic carbocycles. The van der Waals surface area contributed by atoms with E-state index in [-0.39, 0.29) is 0 Å². The Morgan fingerprint density at radius 1 is 1.47 bits per heavy atom. The lowest BCUT2D eigenvalue weighted by Crippen LogP contribution is -2.30. The predicted octanol–water partition coefficient (Wildman–Crippen LogP) is 2.77. The smallest absolute Gasteiger partial charge is 0.0991 e. The molecule has 1 aromatic carbocycles. The van der Waals surface area contributed by atoms with E-state index in [1.54, 1.807) is 0 Å². The van der Waals surface area contributed by atoms with Gasteiger partial charge in [-0.25, -0.2) is 0 Å². The van der Waals surface area contributed by atoms with Crippen molar-refractivity contribution in [3.63, 3.8) is 0 Å². The van der Waals surface area contributed by atoms with E-state index < -0.39 is 0 Å². The van der Waals surface area contributed by atoms with Crippen LogP contribution in [0.3, 0.4) is 0 Å². The number of hydrogen-bond acceptors (Lipinski definition) is 3. The summed E-state index contributed by atoms with van der Waals surface area (Å²) in [6, 6.07) is 7.93. The second kappa shape index (κ2) is 7.28. The summed E-state index contributed by atoms with van der Waals surface area (Å²) in [5, 5.41) is 12.3. The lowest BCUT2D eigenvalue weighted by atomic mass is 9.97. The van der Waals surface area contributed by atoms with E-state index in [2.05, 4.69) is 11.4 Å². The zero-order valence-electron chi connectivity index (χ0n) is 11.6. The number of nitrogens with one attached hydrogen (secondary N) is 1. The first-order valence-electron chi connectivity index (χ1n) is 7.07. The third-order valence-electron chi connectivity index (χ3n) is 3.80. The van der Waals surface area contributed by atoms with Crippen molar-refractivity contribution in [2.24, 2.45) is 5.92 Å². The summed E-state index contributed by atoms with van der Waals surface area (Å²) in [4.78, 5) is 0. The van der Waals surface area contributed by atoms with E-state index in [0.29, 0.717) is 6.61 Å². The van der Waals surface area contributed by atoms with Gasteiger partial charge in [0.15, 0.2) is 0 Å². The molecular weight excluding hydrogens is 236 g/mol. The molecule has 0 spiro atoms. The molecule has 1 N–H and O–H groups in total. The summed E-state index contributed by atoms with van der Waals surface area (Å²) < 4.78 is 5.77. The number of hydrogen-bond donors (Lipinski definition) is 1. The van der Waals surface area contributed by atoms with Crippen molar-refractivity contribution < 1.29 is 4.74 Å². The van der Waals surface area contributed by atoms with Crippen LogP contribution >= 0.6 is 0 Å². The Bertz CT molecular complexity index is 445. The highest BCUT2D eigenvalue weighted by atomic mass is 16.5. The quantitative estimate of drug-likeness (QED) is 0.826. The zero-order chi connectivity index (χ0) is 13.5. The summed E-state index contributed by atoms with van der Waals surface area (Å²) in [6.45, 7) is 5.81. The Labute approximate surface area is 115 Å². The molecule has 3 nitrogen and oxygen atoms in total. The molecule has 0 radical (unpaired) electrons. The monoisotopic (exact) mass is 258 g/mol. The fraction of sp³-hybridized carbons (Fsp3) is 0.562. The molecule has 1 heterocycles. The molecule has 2 rings (SSSR count). The van der Waals surface area contributed by atoms with Gasteiger partial charge in [0.25, 0.3) is 0 Å². The number of ether oxygens (including phenoxy) is 1. The standard InChI is InChI=1S/C16H22N2O/c1-13-9-15(10-17)4-5-16(13)12-19-8-6-14-3-2-7-18-11-14/h4-5,9,14,18H,2-3,6-8,11-12H2,1H3. The SMILES string of the molecule is Cc1cc(C#N)ccc1COCCC1CCCNC1. The van der Waals surface area contributed by atoms with Crippen molar-refractivity contribution in [3.8, 4) is 6.07 Å². The summed E-state index contributed by atoms with van der Waals surface area (Å²) in [6.07, 6.45) is 3.76. The molecule has 1 aliphatic rings. The van der Waals surface area contributed by atoms with Crippen LogP contribution in [0.5, 0.6) is 0 Å². The van der Waals surface area contributed by atoms with Crippen molar-refractivity contribution in [1.29, 1.82) is 5.26 Å². The molecule has 0 bridgehead atoms. The molecule has 1 saturated heterocycles. The first-order valence-corrected chi connectivity index (χ1v) is 7.07. The van der Waals surface area contributed by atoms with Crippen LogP contribution in [-0.2, 0) is 11.3 Å². The van der Waals surface area contributed by atoms with E-state index in [9.17, 15) is 0 Å². The average molecular weight is 258 g/mol. The van der Waals surface area contributed by atoms with E-state index in [0.717, 1.165) is 36.6 Å². The second-order valence-electron chi connectivity index (χ2n) is 5.31. The van der Waals surface area contributed by atoms with Gasteiger partial charge < -0.3 is 10.1 Å². The third kappa shape index (κ3) is 4.34. The number of rotatable bonds is 5. The Balaban J connectivity index is 1.72. The van der Waals surface area contributed by atoms with Crippen LogP contribution in [0.25, 0.3) is 0 Å². The van der Waals surface area contributed by atoms with E-state index in [1.165, 1.54) is 24.9 Å². The molecule has 0 amide bonds. The van der Waals surface area contributed by atoms with Gasteiger partial charge in [0.2, 0.25) is 0 Å². The van der Waals surface area contributed by atoms with Crippen molar-refractivity contribution in [1.82, 2.24) is 5.32 Å². The third-order valence-corrected chi connectivity index (χ3v) is 3.80. The normalized spacial score (nSPS) is 19.1. The minimum atomic E-state index is 0.650. The van der Waals surface area contributed by atoms with Gasteiger partial charge in [-0.3, -0.25) is 0 Å². The topological polar surface area (TPSA) is 45.0 Å². The van der Waals surface area contributed by atoms with Crippen molar-refractivity contribution in [3.05, 3.63) is 34.9 Å². The van der Waals surface area contributed by atoms with Gasteiger partial charge in [0.05, 0.1) is 18.2 Å². The fourth-order valence-electron chi connectivity index (χ4n) is 2.53. The number of aryl methyl sites for hydroxylation is 1. The van der Waals surface area contributed by atoms with Crippen LogP contribution in [0.15, 0.2) is 18.2 Å². The Morgan fingerprint density at radius 3 is 3.05 bits per heavy atom.